The summed E-state index contributed by atoms with van der Waals surface area (Å²) in [5.41, 5.74) is 1.48. The number of morpholine rings is 1. The third-order valence-electron chi connectivity index (χ3n) is 4.60. The molecule has 2 amide bonds. The van der Waals surface area contributed by atoms with Crippen LogP contribution < -0.4 is 10.6 Å². The van der Waals surface area contributed by atoms with Crippen LogP contribution in [0.15, 0.2) is 42.6 Å². The molecule has 1 aliphatic rings. The molecule has 7 nitrogen and oxygen atoms in total. The van der Waals surface area contributed by atoms with Crippen LogP contribution in [0.4, 0.5) is 5.69 Å². The number of carbonyl (C=O) groups excluding carboxylic acids is 2. The lowest BCUT2D eigenvalue weighted by atomic mass is 10.1. The minimum absolute atomic E-state index is 0.0361. The molecule has 2 heterocycles. The molecule has 1 aromatic carbocycles. The molecule has 0 radical (unpaired) electrons. The van der Waals surface area contributed by atoms with Crippen LogP contribution in [0.1, 0.15) is 11.7 Å². The maximum absolute atomic E-state index is 12.3. The predicted octanol–water partition coefficient (Wildman–Crippen LogP) is 1.81. The molecule has 1 aliphatic heterocycles. The molecule has 0 aliphatic carbocycles. The molecule has 0 bridgehead atoms. The number of aryl methyl sites for hydroxylation is 1. The van der Waals surface area contributed by atoms with Crippen LogP contribution in [-0.2, 0) is 21.4 Å². The molecule has 27 heavy (non-hydrogen) atoms. The number of ether oxygens (including phenoxy) is 1. The average Bonchev–Trinajstić information content (AvgIpc) is 3.10. The van der Waals surface area contributed by atoms with Crippen molar-refractivity contribution in [1.29, 1.82) is 0 Å². The number of anilines is 1. The first-order valence-corrected chi connectivity index (χ1v) is 9.21. The fourth-order valence-electron chi connectivity index (χ4n) is 3.14. The smallest absolute Gasteiger partial charge is 0.313 e. The fraction of sp³-hybridized carbons (Fsp3) is 0.368. The highest BCUT2D eigenvalue weighted by Gasteiger charge is 2.26. The summed E-state index contributed by atoms with van der Waals surface area (Å²) in [6.45, 7) is 3.19. The lowest BCUT2D eigenvalue weighted by molar-refractivity contribution is -0.136. The summed E-state index contributed by atoms with van der Waals surface area (Å²) in [7, 11) is 1.97. The van der Waals surface area contributed by atoms with E-state index < -0.39 is 11.8 Å². The summed E-state index contributed by atoms with van der Waals surface area (Å²) in [5, 5.41) is 5.67. The predicted molar refractivity (Wildman–Crippen MR) is 104 cm³/mol. The lowest BCUT2D eigenvalue weighted by Crippen LogP contribution is -2.46. The molecule has 1 saturated heterocycles. The van der Waals surface area contributed by atoms with E-state index in [2.05, 4.69) is 15.5 Å². The molecule has 1 fully saturated rings. The number of nitrogens with one attached hydrogen (secondary N) is 2. The third kappa shape index (κ3) is 4.88. The van der Waals surface area contributed by atoms with E-state index in [1.54, 1.807) is 24.3 Å². The second-order valence-corrected chi connectivity index (χ2v) is 6.76. The van der Waals surface area contributed by atoms with Crippen molar-refractivity contribution in [2.75, 3.05) is 38.2 Å². The van der Waals surface area contributed by atoms with Crippen LogP contribution in [-0.4, -0.2) is 54.1 Å². The van der Waals surface area contributed by atoms with Crippen molar-refractivity contribution in [2.24, 2.45) is 7.05 Å². The summed E-state index contributed by atoms with van der Waals surface area (Å²) in [5.74, 6) is -1.43. The Morgan fingerprint density at radius 2 is 1.89 bits per heavy atom. The molecule has 8 heteroatoms. The van der Waals surface area contributed by atoms with Crippen molar-refractivity contribution in [3.63, 3.8) is 0 Å². The highest BCUT2D eigenvalue weighted by atomic mass is 35.5. The highest BCUT2D eigenvalue weighted by Crippen LogP contribution is 2.22. The van der Waals surface area contributed by atoms with Crippen LogP contribution in [0, 0.1) is 0 Å². The van der Waals surface area contributed by atoms with Crippen molar-refractivity contribution in [2.45, 2.75) is 6.04 Å². The van der Waals surface area contributed by atoms with Crippen molar-refractivity contribution in [3.8, 4) is 0 Å². The van der Waals surface area contributed by atoms with Gasteiger partial charge >= 0.3 is 11.8 Å². The molecule has 1 aromatic heterocycles. The minimum atomic E-state index is -0.740. The molecule has 2 N–H and O–H groups in total. The lowest BCUT2D eigenvalue weighted by Gasteiger charge is -2.34. The van der Waals surface area contributed by atoms with Gasteiger partial charge in [-0.15, -0.1) is 0 Å². The quantitative estimate of drug-likeness (QED) is 0.763. The Bertz CT molecular complexity index is 802. The molecule has 1 atom stereocenters. The second kappa shape index (κ2) is 9.03. The molecular formula is C19H23ClN4O3. The van der Waals surface area contributed by atoms with Gasteiger partial charge in [0.1, 0.15) is 0 Å². The van der Waals surface area contributed by atoms with E-state index in [1.165, 1.54) is 0 Å². The number of nitrogens with zero attached hydrogens (tertiary/aromatic N) is 2. The fourth-order valence-corrected chi connectivity index (χ4v) is 3.32. The van der Waals surface area contributed by atoms with E-state index in [-0.39, 0.29) is 6.04 Å². The van der Waals surface area contributed by atoms with Gasteiger partial charge in [0.25, 0.3) is 0 Å². The molecule has 2 aromatic rings. The molecule has 0 saturated carbocycles. The van der Waals surface area contributed by atoms with Crippen LogP contribution in [0.3, 0.4) is 0 Å². The largest absolute Gasteiger partial charge is 0.379 e. The average molecular weight is 391 g/mol. The van der Waals surface area contributed by atoms with Crippen molar-refractivity contribution < 1.29 is 14.3 Å². The van der Waals surface area contributed by atoms with Gasteiger partial charge < -0.3 is 19.9 Å². The minimum Gasteiger partial charge on any atom is -0.379 e. The number of halogens is 1. The van der Waals surface area contributed by atoms with Crippen molar-refractivity contribution in [1.82, 2.24) is 14.8 Å². The first-order chi connectivity index (χ1) is 13.1. The van der Waals surface area contributed by atoms with Crippen LogP contribution in [0.2, 0.25) is 5.02 Å². The van der Waals surface area contributed by atoms with Gasteiger partial charge in [0.05, 0.1) is 30.0 Å². The SMILES string of the molecule is Cn1cccc1[C@H](CNC(=O)C(=O)Nc1ccccc1Cl)N1CCOCC1. The maximum Gasteiger partial charge on any atom is 0.313 e. The molecule has 144 valence electrons. The molecule has 0 spiro atoms. The standard InChI is InChI=1S/C19H23ClN4O3/c1-23-8-4-7-16(23)17(24-9-11-27-12-10-24)13-21-18(25)19(26)22-15-6-3-2-5-14(15)20/h2-8,17H,9-13H2,1H3,(H,21,25)(H,22,26)/t17-/m0/s1. The van der Waals surface area contributed by atoms with Gasteiger partial charge in [0.2, 0.25) is 0 Å². The maximum atomic E-state index is 12.3. The summed E-state index contributed by atoms with van der Waals surface area (Å²) in [6, 6.07) is 10.7. The number of hydrogen-bond acceptors (Lipinski definition) is 4. The van der Waals surface area contributed by atoms with Crippen molar-refractivity contribution >= 4 is 29.1 Å². The first-order valence-electron chi connectivity index (χ1n) is 8.83. The number of rotatable bonds is 5. The van der Waals surface area contributed by atoms with Crippen molar-refractivity contribution in [3.05, 3.63) is 53.3 Å². The number of aromatic nitrogens is 1. The van der Waals surface area contributed by atoms with Gasteiger partial charge in [-0.05, 0) is 24.3 Å². The normalized spacial score (nSPS) is 15.9. The van der Waals surface area contributed by atoms with E-state index in [0.717, 1.165) is 18.8 Å². The Morgan fingerprint density at radius 3 is 2.56 bits per heavy atom. The third-order valence-corrected chi connectivity index (χ3v) is 4.93. The Morgan fingerprint density at radius 1 is 1.15 bits per heavy atom. The first kappa shape index (κ1) is 19.4. The second-order valence-electron chi connectivity index (χ2n) is 6.35. The van der Waals surface area contributed by atoms with E-state index in [0.29, 0.717) is 30.5 Å². The van der Waals surface area contributed by atoms with E-state index in [9.17, 15) is 9.59 Å². The number of para-hydroxylation sites is 1. The zero-order valence-electron chi connectivity index (χ0n) is 15.2. The summed E-state index contributed by atoms with van der Waals surface area (Å²) >= 11 is 6.02. The zero-order chi connectivity index (χ0) is 19.2. The Balaban J connectivity index is 1.64. The van der Waals surface area contributed by atoms with Gasteiger partial charge in [0.15, 0.2) is 0 Å². The number of carbonyl (C=O) groups is 2. The van der Waals surface area contributed by atoms with Crippen LogP contribution >= 0.6 is 11.6 Å². The topological polar surface area (TPSA) is 75.6 Å². The van der Waals surface area contributed by atoms with Gasteiger partial charge in [-0.25, -0.2) is 0 Å². The Kier molecular flexibility index (Phi) is 6.49. The Hall–Kier alpha value is -2.35. The summed E-state index contributed by atoms with van der Waals surface area (Å²) in [6.07, 6.45) is 1.97. The Labute approximate surface area is 163 Å². The van der Waals surface area contributed by atoms with Gasteiger partial charge in [-0.1, -0.05) is 23.7 Å². The van der Waals surface area contributed by atoms with E-state index >= 15 is 0 Å². The van der Waals surface area contributed by atoms with Crippen LogP contribution in [0.5, 0.6) is 0 Å². The van der Waals surface area contributed by atoms with E-state index in [1.807, 2.05) is 29.9 Å². The highest BCUT2D eigenvalue weighted by molar-refractivity contribution is 6.41. The number of benzene rings is 1. The molecule has 3 rings (SSSR count). The summed E-state index contributed by atoms with van der Waals surface area (Å²) in [4.78, 5) is 26.7. The van der Waals surface area contributed by atoms with Crippen LogP contribution in [0.25, 0.3) is 0 Å². The van der Waals surface area contributed by atoms with Gasteiger partial charge in [-0.3, -0.25) is 14.5 Å². The molecular weight excluding hydrogens is 368 g/mol. The molecule has 0 unspecified atom stereocenters. The van der Waals surface area contributed by atoms with Gasteiger partial charge in [0, 0.05) is 38.6 Å². The zero-order valence-corrected chi connectivity index (χ0v) is 15.9. The summed E-state index contributed by atoms with van der Waals surface area (Å²) < 4.78 is 7.45. The van der Waals surface area contributed by atoms with Gasteiger partial charge in [-0.2, -0.15) is 0 Å². The number of amides is 2. The van der Waals surface area contributed by atoms with E-state index in [4.69, 9.17) is 16.3 Å². The monoisotopic (exact) mass is 390 g/mol. The number of hydrogen-bond donors (Lipinski definition) is 2.